The van der Waals surface area contributed by atoms with Crippen molar-refractivity contribution in [3.8, 4) is 0 Å². The Morgan fingerprint density at radius 1 is 1.47 bits per heavy atom. The molecule has 2 heterocycles. The van der Waals surface area contributed by atoms with Gasteiger partial charge >= 0.3 is 5.97 Å². The number of carbonyl (C=O) groups excluding carboxylic acids is 1. The monoisotopic (exact) mass is 265 g/mol. The van der Waals surface area contributed by atoms with Gasteiger partial charge in [-0.1, -0.05) is 0 Å². The highest BCUT2D eigenvalue weighted by atomic mass is 16.4. The Morgan fingerprint density at radius 2 is 2.26 bits per heavy atom. The predicted octanol–water partition coefficient (Wildman–Crippen LogP) is 1.37. The number of carboxylic acids is 1. The standard InChI is InChI=1S/C13H19N3O3/c1-10-4-2-3-6-16(10)12(17)5-7-15-9-11(8-14-15)13(18)19/h8-10H,2-7H2,1H3,(H,18,19). The molecule has 0 spiro atoms. The van der Waals surface area contributed by atoms with E-state index >= 15 is 0 Å². The maximum atomic E-state index is 12.1. The molecule has 1 aliphatic rings. The third kappa shape index (κ3) is 3.33. The van der Waals surface area contributed by atoms with Crippen LogP contribution >= 0.6 is 0 Å². The van der Waals surface area contributed by atoms with E-state index in [0.717, 1.165) is 19.4 Å². The molecule has 6 heteroatoms. The number of aromatic nitrogens is 2. The molecular formula is C13H19N3O3. The van der Waals surface area contributed by atoms with Crippen LogP contribution in [-0.2, 0) is 11.3 Å². The second-order valence-corrected chi connectivity index (χ2v) is 4.98. The average molecular weight is 265 g/mol. The van der Waals surface area contributed by atoms with Crippen LogP contribution in [0.3, 0.4) is 0 Å². The van der Waals surface area contributed by atoms with Crippen LogP contribution in [0.25, 0.3) is 0 Å². The van der Waals surface area contributed by atoms with Gasteiger partial charge < -0.3 is 10.0 Å². The lowest BCUT2D eigenvalue weighted by Crippen LogP contribution is -2.42. The molecule has 1 unspecified atom stereocenters. The highest BCUT2D eigenvalue weighted by molar-refractivity contribution is 5.86. The quantitative estimate of drug-likeness (QED) is 0.892. The fourth-order valence-corrected chi connectivity index (χ4v) is 2.42. The van der Waals surface area contributed by atoms with Crippen molar-refractivity contribution in [2.45, 2.75) is 45.2 Å². The number of aromatic carboxylic acids is 1. The van der Waals surface area contributed by atoms with Crippen LogP contribution in [0.5, 0.6) is 0 Å². The topological polar surface area (TPSA) is 75.4 Å². The number of piperidine rings is 1. The molecule has 1 fully saturated rings. The van der Waals surface area contributed by atoms with E-state index in [1.54, 1.807) is 0 Å². The van der Waals surface area contributed by atoms with Crippen molar-refractivity contribution in [2.75, 3.05) is 6.54 Å². The first-order valence-corrected chi connectivity index (χ1v) is 6.63. The molecule has 1 aromatic rings. The molecule has 1 amide bonds. The van der Waals surface area contributed by atoms with Crippen LogP contribution in [0, 0.1) is 0 Å². The number of amides is 1. The number of likely N-dealkylation sites (tertiary alicyclic amines) is 1. The molecule has 0 aromatic carbocycles. The number of rotatable bonds is 4. The van der Waals surface area contributed by atoms with E-state index < -0.39 is 5.97 Å². The molecule has 2 rings (SSSR count). The Kier molecular flexibility index (Phi) is 4.19. The van der Waals surface area contributed by atoms with Crippen molar-refractivity contribution in [2.24, 2.45) is 0 Å². The van der Waals surface area contributed by atoms with E-state index in [1.807, 2.05) is 4.90 Å². The van der Waals surface area contributed by atoms with Crippen LogP contribution in [0.15, 0.2) is 12.4 Å². The minimum atomic E-state index is -0.998. The normalized spacial score (nSPS) is 19.4. The summed E-state index contributed by atoms with van der Waals surface area (Å²) in [6.07, 6.45) is 6.44. The number of nitrogens with zero attached hydrogens (tertiary/aromatic N) is 3. The van der Waals surface area contributed by atoms with Gasteiger partial charge in [-0.2, -0.15) is 5.10 Å². The van der Waals surface area contributed by atoms with Crippen LogP contribution < -0.4 is 0 Å². The van der Waals surface area contributed by atoms with Crippen molar-refractivity contribution >= 4 is 11.9 Å². The molecule has 104 valence electrons. The largest absolute Gasteiger partial charge is 0.478 e. The molecule has 0 aliphatic carbocycles. The van der Waals surface area contributed by atoms with Crippen LogP contribution in [0.4, 0.5) is 0 Å². The van der Waals surface area contributed by atoms with Gasteiger partial charge in [0.2, 0.25) is 5.91 Å². The minimum Gasteiger partial charge on any atom is -0.478 e. The third-order valence-electron chi connectivity index (χ3n) is 3.56. The summed E-state index contributed by atoms with van der Waals surface area (Å²) >= 11 is 0. The third-order valence-corrected chi connectivity index (χ3v) is 3.56. The van der Waals surface area contributed by atoms with Gasteiger partial charge in [-0.15, -0.1) is 0 Å². The van der Waals surface area contributed by atoms with E-state index in [9.17, 15) is 9.59 Å². The van der Waals surface area contributed by atoms with Gasteiger partial charge in [-0.25, -0.2) is 4.79 Å². The van der Waals surface area contributed by atoms with Crippen LogP contribution in [0.1, 0.15) is 43.0 Å². The van der Waals surface area contributed by atoms with Gasteiger partial charge in [0.25, 0.3) is 0 Å². The molecule has 1 aromatic heterocycles. The maximum absolute atomic E-state index is 12.1. The van der Waals surface area contributed by atoms with Crippen LogP contribution in [-0.4, -0.2) is 44.3 Å². The Hall–Kier alpha value is -1.85. The minimum absolute atomic E-state index is 0.125. The van der Waals surface area contributed by atoms with Crippen molar-refractivity contribution in [3.05, 3.63) is 18.0 Å². The smallest absolute Gasteiger partial charge is 0.338 e. The van der Waals surface area contributed by atoms with Crippen molar-refractivity contribution in [1.82, 2.24) is 14.7 Å². The van der Waals surface area contributed by atoms with Crippen molar-refractivity contribution < 1.29 is 14.7 Å². The fraction of sp³-hybridized carbons (Fsp3) is 0.615. The SMILES string of the molecule is CC1CCCCN1C(=O)CCn1cc(C(=O)O)cn1. The van der Waals surface area contributed by atoms with E-state index in [4.69, 9.17) is 5.11 Å². The fourth-order valence-electron chi connectivity index (χ4n) is 2.42. The second kappa shape index (κ2) is 5.86. The summed E-state index contributed by atoms with van der Waals surface area (Å²) in [4.78, 5) is 24.7. The molecule has 0 saturated carbocycles. The van der Waals surface area contributed by atoms with E-state index in [0.29, 0.717) is 19.0 Å². The van der Waals surface area contributed by atoms with Gasteiger partial charge in [0.05, 0.1) is 11.8 Å². The molecule has 1 atom stereocenters. The van der Waals surface area contributed by atoms with E-state index in [-0.39, 0.29) is 11.5 Å². The summed E-state index contributed by atoms with van der Waals surface area (Å²) < 4.78 is 1.51. The lowest BCUT2D eigenvalue weighted by Gasteiger charge is -2.33. The van der Waals surface area contributed by atoms with Gasteiger partial charge in [-0.3, -0.25) is 9.48 Å². The number of aryl methyl sites for hydroxylation is 1. The Bertz CT molecular complexity index is 469. The summed E-state index contributed by atoms with van der Waals surface area (Å²) in [6.45, 7) is 3.34. The summed E-state index contributed by atoms with van der Waals surface area (Å²) in [6, 6.07) is 0.313. The molecule has 6 nitrogen and oxygen atoms in total. The van der Waals surface area contributed by atoms with Gasteiger partial charge in [-0.05, 0) is 26.2 Å². The van der Waals surface area contributed by atoms with E-state index in [2.05, 4.69) is 12.0 Å². The first-order valence-electron chi connectivity index (χ1n) is 6.63. The number of carboxylic acid groups (broad SMARTS) is 1. The predicted molar refractivity (Wildman–Crippen MR) is 68.8 cm³/mol. The zero-order valence-corrected chi connectivity index (χ0v) is 11.1. The van der Waals surface area contributed by atoms with Gasteiger partial charge in [0.1, 0.15) is 0 Å². The summed E-state index contributed by atoms with van der Waals surface area (Å²) in [5.41, 5.74) is 0.152. The lowest BCUT2D eigenvalue weighted by atomic mass is 10.0. The molecule has 1 aliphatic heterocycles. The zero-order chi connectivity index (χ0) is 13.8. The molecule has 1 saturated heterocycles. The Morgan fingerprint density at radius 3 is 2.89 bits per heavy atom. The van der Waals surface area contributed by atoms with Crippen molar-refractivity contribution in [3.63, 3.8) is 0 Å². The summed E-state index contributed by atoms with van der Waals surface area (Å²) in [7, 11) is 0. The van der Waals surface area contributed by atoms with Gasteiger partial charge in [0, 0.05) is 31.7 Å². The first kappa shape index (κ1) is 13.6. The summed E-state index contributed by atoms with van der Waals surface area (Å²) in [5, 5.41) is 12.7. The molecule has 19 heavy (non-hydrogen) atoms. The molecular weight excluding hydrogens is 246 g/mol. The molecule has 0 bridgehead atoms. The maximum Gasteiger partial charge on any atom is 0.338 e. The molecule has 1 N–H and O–H groups in total. The first-order chi connectivity index (χ1) is 9.08. The zero-order valence-electron chi connectivity index (χ0n) is 11.1. The Labute approximate surface area is 112 Å². The van der Waals surface area contributed by atoms with E-state index in [1.165, 1.54) is 23.5 Å². The van der Waals surface area contributed by atoms with Crippen LogP contribution in [0.2, 0.25) is 0 Å². The number of hydrogen-bond acceptors (Lipinski definition) is 3. The summed E-state index contributed by atoms with van der Waals surface area (Å²) in [5.74, 6) is -0.873. The molecule has 0 radical (unpaired) electrons. The Balaban J connectivity index is 1.87. The highest BCUT2D eigenvalue weighted by Gasteiger charge is 2.22. The lowest BCUT2D eigenvalue weighted by molar-refractivity contribution is -0.134. The average Bonchev–Trinajstić information content (AvgIpc) is 2.85. The number of hydrogen-bond donors (Lipinski definition) is 1. The second-order valence-electron chi connectivity index (χ2n) is 4.98. The number of carbonyl (C=O) groups is 2. The van der Waals surface area contributed by atoms with Crippen molar-refractivity contribution in [1.29, 1.82) is 0 Å². The highest BCUT2D eigenvalue weighted by Crippen LogP contribution is 2.17. The van der Waals surface area contributed by atoms with Gasteiger partial charge in [0.15, 0.2) is 0 Å².